The molecule has 0 radical (unpaired) electrons. The molecule has 0 spiro atoms. The molecule has 3 saturated heterocycles. The third-order valence-corrected chi connectivity index (χ3v) is 7.79. The lowest BCUT2D eigenvalue weighted by molar-refractivity contribution is -0.170. The average molecular weight is 664 g/mol. The predicted octanol–water partition coefficient (Wildman–Crippen LogP) is 2.62. The van der Waals surface area contributed by atoms with Crippen LogP contribution in [0.1, 0.15) is 134 Å². The highest BCUT2D eigenvalue weighted by Gasteiger charge is 2.41. The van der Waals surface area contributed by atoms with Crippen LogP contribution in [-0.4, -0.2) is 111 Å². The summed E-state index contributed by atoms with van der Waals surface area (Å²) >= 11 is 0. The minimum atomic E-state index is -2.74. The van der Waals surface area contributed by atoms with Gasteiger partial charge in [-0.2, -0.15) is 0 Å². The topological polar surface area (TPSA) is 229 Å². The van der Waals surface area contributed by atoms with E-state index in [9.17, 15) is 29.7 Å². The molecule has 0 aromatic carbocycles. The largest absolute Gasteiger partial charge is 0.481 e. The van der Waals surface area contributed by atoms with Crippen molar-refractivity contribution in [2.24, 2.45) is 0 Å². The molecule has 3 rings (SSSR count). The van der Waals surface area contributed by atoms with E-state index < -0.39 is 36.4 Å². The van der Waals surface area contributed by atoms with Gasteiger partial charge in [0.1, 0.15) is 0 Å². The van der Waals surface area contributed by atoms with Crippen LogP contribution in [0.5, 0.6) is 0 Å². The number of carboxylic acids is 3. The van der Waals surface area contributed by atoms with Crippen LogP contribution in [0.25, 0.3) is 0 Å². The standard InChI is InChI=1S/3C9H19NO.C6H8O7/c3*1-8(2)5-7(11)6-9(3,4)10-8;7-3(8)1-6(13,5(11)12)2-4(9)10/h3*7,10-11H,5-6H2,1-4H3;13H,1-2H2,(H,7,8)(H,9,10)(H,11,12). The summed E-state index contributed by atoms with van der Waals surface area (Å²) in [7, 11) is 0. The smallest absolute Gasteiger partial charge is 0.336 e. The Morgan fingerprint density at radius 3 is 0.783 bits per heavy atom. The SMILES string of the molecule is CC1(C)CC(O)CC(C)(C)N1.CC1(C)CC(O)CC(C)(C)N1.CC1(C)CC(O)CC(C)(C)N1.O=C(O)CC(O)(CC(=O)O)C(=O)O. The summed E-state index contributed by atoms with van der Waals surface area (Å²) < 4.78 is 0. The molecule has 10 N–H and O–H groups in total. The van der Waals surface area contributed by atoms with E-state index in [1.807, 2.05) is 0 Å². The highest BCUT2D eigenvalue weighted by molar-refractivity contribution is 5.88. The molecule has 0 aromatic rings. The number of nitrogens with one attached hydrogen (secondary N) is 3. The number of hydrogen-bond donors (Lipinski definition) is 10. The Bertz CT molecular complexity index is 874. The van der Waals surface area contributed by atoms with Crippen molar-refractivity contribution in [1.82, 2.24) is 16.0 Å². The zero-order valence-corrected chi connectivity index (χ0v) is 30.2. The molecule has 0 atom stereocenters. The highest BCUT2D eigenvalue weighted by atomic mass is 16.4. The Morgan fingerprint density at radius 2 is 0.674 bits per heavy atom. The Labute approximate surface area is 275 Å². The molecular formula is C33H65N3O10. The minimum Gasteiger partial charge on any atom is -0.481 e. The first-order valence-corrected chi connectivity index (χ1v) is 16.0. The van der Waals surface area contributed by atoms with E-state index >= 15 is 0 Å². The number of aliphatic hydroxyl groups is 4. The highest BCUT2D eigenvalue weighted by Crippen LogP contribution is 2.30. The van der Waals surface area contributed by atoms with Crippen LogP contribution in [0.2, 0.25) is 0 Å². The summed E-state index contributed by atoms with van der Waals surface area (Å²) in [6, 6.07) is 0. The average Bonchev–Trinajstić information content (AvgIpc) is 2.65. The van der Waals surface area contributed by atoms with Gasteiger partial charge in [-0.25, -0.2) is 4.79 Å². The summed E-state index contributed by atoms with van der Waals surface area (Å²) in [5, 5.41) is 72.9. The number of aliphatic hydroxyl groups excluding tert-OH is 3. The fourth-order valence-electron chi connectivity index (χ4n) is 7.52. The monoisotopic (exact) mass is 663 g/mol. The number of rotatable bonds is 5. The molecule has 0 amide bonds. The van der Waals surface area contributed by atoms with Crippen molar-refractivity contribution < 1.29 is 50.1 Å². The molecule has 3 heterocycles. The van der Waals surface area contributed by atoms with Gasteiger partial charge in [-0.15, -0.1) is 0 Å². The minimum absolute atomic E-state index is 0.0845. The molecule has 46 heavy (non-hydrogen) atoms. The summed E-state index contributed by atoms with van der Waals surface area (Å²) in [6.07, 6.45) is 2.44. The van der Waals surface area contributed by atoms with Gasteiger partial charge in [-0.05, 0) is 122 Å². The van der Waals surface area contributed by atoms with E-state index in [0.717, 1.165) is 38.5 Å². The van der Waals surface area contributed by atoms with Crippen molar-refractivity contribution in [3.05, 3.63) is 0 Å². The van der Waals surface area contributed by atoms with E-state index in [1.54, 1.807) is 0 Å². The summed E-state index contributed by atoms with van der Waals surface area (Å²) in [6.45, 7) is 25.6. The fourth-order valence-corrected chi connectivity index (χ4v) is 7.52. The maximum atomic E-state index is 10.3. The summed E-state index contributed by atoms with van der Waals surface area (Å²) in [4.78, 5) is 30.5. The van der Waals surface area contributed by atoms with Crippen molar-refractivity contribution in [2.75, 3.05) is 0 Å². The Morgan fingerprint density at radius 1 is 0.500 bits per heavy atom. The van der Waals surface area contributed by atoms with Crippen LogP contribution < -0.4 is 16.0 Å². The molecule has 0 aliphatic carbocycles. The molecule has 13 nitrogen and oxygen atoms in total. The number of piperidine rings is 3. The first kappa shape index (κ1) is 44.1. The lowest BCUT2D eigenvalue weighted by Crippen LogP contribution is -2.59. The van der Waals surface area contributed by atoms with Crippen molar-refractivity contribution in [1.29, 1.82) is 0 Å². The summed E-state index contributed by atoms with van der Waals surface area (Å²) in [5.74, 6) is -5.02. The Hall–Kier alpha value is -1.87. The molecule has 0 saturated carbocycles. The zero-order valence-electron chi connectivity index (χ0n) is 30.2. The predicted molar refractivity (Wildman–Crippen MR) is 177 cm³/mol. The Kier molecular flexibility index (Phi) is 15.4. The van der Waals surface area contributed by atoms with Gasteiger partial charge in [0.05, 0.1) is 31.2 Å². The number of aliphatic carboxylic acids is 3. The van der Waals surface area contributed by atoms with E-state index in [-0.39, 0.29) is 51.5 Å². The van der Waals surface area contributed by atoms with Crippen LogP contribution >= 0.6 is 0 Å². The van der Waals surface area contributed by atoms with Gasteiger partial charge in [0.2, 0.25) is 0 Å². The molecule has 0 aromatic heterocycles. The Balaban J connectivity index is 0.000000588. The van der Waals surface area contributed by atoms with E-state index in [1.165, 1.54) is 0 Å². The molecule has 272 valence electrons. The third kappa shape index (κ3) is 18.5. The second-order valence-electron chi connectivity index (χ2n) is 17.3. The normalized spacial score (nSPS) is 24.8. The van der Waals surface area contributed by atoms with Gasteiger partial charge in [0, 0.05) is 33.2 Å². The molecule has 0 bridgehead atoms. The van der Waals surface area contributed by atoms with Crippen LogP contribution in [0.4, 0.5) is 0 Å². The molecule has 3 fully saturated rings. The second kappa shape index (κ2) is 16.0. The lowest BCUT2D eigenvalue weighted by atomic mass is 9.81. The van der Waals surface area contributed by atoms with Crippen LogP contribution in [0.15, 0.2) is 0 Å². The van der Waals surface area contributed by atoms with Gasteiger partial charge in [0.15, 0.2) is 5.60 Å². The first-order valence-electron chi connectivity index (χ1n) is 16.0. The number of carboxylic acid groups (broad SMARTS) is 3. The fraction of sp³-hybridized carbons (Fsp3) is 0.909. The van der Waals surface area contributed by atoms with E-state index in [2.05, 4.69) is 99.0 Å². The quantitative estimate of drug-likeness (QED) is 0.204. The number of hydrogen-bond acceptors (Lipinski definition) is 10. The van der Waals surface area contributed by atoms with Crippen molar-refractivity contribution >= 4 is 17.9 Å². The molecular weight excluding hydrogens is 598 g/mol. The maximum absolute atomic E-state index is 10.3. The van der Waals surface area contributed by atoms with Crippen molar-refractivity contribution in [3.8, 4) is 0 Å². The second-order valence-corrected chi connectivity index (χ2v) is 17.3. The molecule has 3 aliphatic rings. The van der Waals surface area contributed by atoms with Gasteiger partial charge in [-0.3, -0.25) is 9.59 Å². The van der Waals surface area contributed by atoms with Crippen LogP contribution in [-0.2, 0) is 14.4 Å². The first-order chi connectivity index (χ1) is 20.2. The van der Waals surface area contributed by atoms with Crippen LogP contribution in [0, 0.1) is 0 Å². The zero-order chi connectivity index (χ0) is 36.7. The van der Waals surface area contributed by atoms with E-state index in [4.69, 9.17) is 20.4 Å². The van der Waals surface area contributed by atoms with Gasteiger partial charge < -0.3 is 51.7 Å². The van der Waals surface area contributed by atoms with Crippen LogP contribution in [0.3, 0.4) is 0 Å². The van der Waals surface area contributed by atoms with Gasteiger partial charge in [-0.1, -0.05) is 0 Å². The molecule has 13 heteroatoms. The van der Waals surface area contributed by atoms with E-state index in [0.29, 0.717) is 0 Å². The third-order valence-electron chi connectivity index (χ3n) is 7.79. The lowest BCUT2D eigenvalue weighted by Gasteiger charge is -2.44. The van der Waals surface area contributed by atoms with Gasteiger partial charge in [0.25, 0.3) is 0 Å². The van der Waals surface area contributed by atoms with Gasteiger partial charge >= 0.3 is 17.9 Å². The summed E-state index contributed by atoms with van der Waals surface area (Å²) in [5.41, 5.74) is -2.23. The van der Waals surface area contributed by atoms with Crippen molar-refractivity contribution in [3.63, 3.8) is 0 Å². The molecule has 3 aliphatic heterocycles. The van der Waals surface area contributed by atoms with Crippen molar-refractivity contribution in [2.45, 2.75) is 192 Å². The maximum Gasteiger partial charge on any atom is 0.336 e. The number of carbonyl (C=O) groups is 3. The molecule has 0 unspecified atom stereocenters.